The minimum absolute atomic E-state index is 0.307. The number of benzene rings is 2. The molecule has 0 amide bonds. The summed E-state index contributed by atoms with van der Waals surface area (Å²) in [5.74, 6) is 0.686. The molecule has 1 saturated carbocycles. The average Bonchev–Trinajstić information content (AvgIpc) is 3.23. The number of hydrogen-bond acceptors (Lipinski definition) is 0. The molecule has 0 radical (unpaired) electrons. The van der Waals surface area contributed by atoms with Gasteiger partial charge in [-0.25, -0.2) is 4.57 Å². The fourth-order valence-corrected chi connectivity index (χ4v) is 7.44. The molecule has 1 aromatic heterocycles. The first kappa shape index (κ1) is 19.3. The number of hydrogen-bond donors (Lipinski definition) is 0. The predicted molar refractivity (Wildman–Crippen MR) is 129 cm³/mol. The lowest BCUT2D eigenvalue weighted by Crippen LogP contribution is -2.36. The van der Waals surface area contributed by atoms with Crippen LogP contribution in [0.3, 0.4) is 0 Å². The van der Waals surface area contributed by atoms with Crippen molar-refractivity contribution in [3.05, 3.63) is 75.5 Å². The summed E-state index contributed by atoms with van der Waals surface area (Å²) >= 11 is 0. The molecule has 1 heterocycles. The monoisotopic (exact) mass is 408 g/mol. The highest BCUT2D eigenvalue weighted by Crippen LogP contribution is 2.67. The lowest BCUT2D eigenvalue weighted by Gasteiger charge is -2.34. The van der Waals surface area contributed by atoms with Gasteiger partial charge in [0.15, 0.2) is 6.20 Å². The SMILES string of the molecule is Cc1ccc2c(c1)-c1c(C)cc(C)c(-c3cc4c(c[n+]3C)C3(C)CCC4C3(C)C)c1C2. The van der Waals surface area contributed by atoms with E-state index < -0.39 is 0 Å². The van der Waals surface area contributed by atoms with E-state index in [1.54, 1.807) is 11.1 Å². The Morgan fingerprint density at radius 3 is 2.45 bits per heavy atom. The number of nitrogens with zero attached hydrogens (tertiary/aromatic N) is 1. The fourth-order valence-electron chi connectivity index (χ4n) is 7.44. The van der Waals surface area contributed by atoms with Crippen LogP contribution < -0.4 is 4.57 Å². The van der Waals surface area contributed by atoms with E-state index in [2.05, 4.69) is 89.7 Å². The van der Waals surface area contributed by atoms with Crippen molar-refractivity contribution in [1.82, 2.24) is 0 Å². The third-order valence-corrected chi connectivity index (χ3v) is 9.49. The van der Waals surface area contributed by atoms with Crippen LogP contribution in [0.25, 0.3) is 22.4 Å². The van der Waals surface area contributed by atoms with Crippen LogP contribution >= 0.6 is 0 Å². The summed E-state index contributed by atoms with van der Waals surface area (Å²) in [6, 6.07) is 12.0. The molecule has 158 valence electrons. The molecule has 31 heavy (non-hydrogen) atoms. The van der Waals surface area contributed by atoms with Gasteiger partial charge in [0.25, 0.3) is 0 Å². The molecular formula is C30H34N+. The topological polar surface area (TPSA) is 3.88 Å². The van der Waals surface area contributed by atoms with Gasteiger partial charge in [0.2, 0.25) is 5.69 Å². The first-order valence-electron chi connectivity index (χ1n) is 11.9. The Labute approximate surface area is 187 Å². The van der Waals surface area contributed by atoms with Crippen molar-refractivity contribution in [3.63, 3.8) is 0 Å². The summed E-state index contributed by atoms with van der Waals surface area (Å²) in [7, 11) is 2.26. The van der Waals surface area contributed by atoms with Crippen molar-refractivity contribution in [2.45, 2.75) is 72.1 Å². The van der Waals surface area contributed by atoms with Crippen LogP contribution in [-0.4, -0.2) is 0 Å². The maximum Gasteiger partial charge on any atom is 0.213 e. The Balaban J connectivity index is 1.61. The van der Waals surface area contributed by atoms with Gasteiger partial charge < -0.3 is 0 Å². The normalized spacial score (nSPS) is 24.3. The zero-order valence-electron chi connectivity index (χ0n) is 20.1. The second-order valence-electron chi connectivity index (χ2n) is 11.4. The number of aryl methyl sites for hydroxylation is 4. The number of pyridine rings is 1. The zero-order chi connectivity index (χ0) is 21.9. The summed E-state index contributed by atoms with van der Waals surface area (Å²) in [6.45, 7) is 14.3. The molecule has 2 bridgehead atoms. The second-order valence-corrected chi connectivity index (χ2v) is 11.4. The van der Waals surface area contributed by atoms with Gasteiger partial charge in [-0.05, 0) is 90.3 Å². The van der Waals surface area contributed by atoms with Crippen LogP contribution in [0.1, 0.15) is 78.5 Å². The predicted octanol–water partition coefficient (Wildman–Crippen LogP) is 6.85. The molecule has 0 N–H and O–H groups in total. The van der Waals surface area contributed by atoms with Crippen molar-refractivity contribution in [3.8, 4) is 22.4 Å². The molecule has 1 nitrogen and oxygen atoms in total. The van der Waals surface area contributed by atoms with Crippen molar-refractivity contribution < 1.29 is 4.57 Å². The molecule has 1 fully saturated rings. The van der Waals surface area contributed by atoms with Crippen molar-refractivity contribution >= 4 is 0 Å². The standard InChI is InChI=1S/C30H34N/c1-17-8-9-20-14-23-27(21(20)12-17)18(2)13-19(3)28(23)26-15-22-24-10-11-30(6,29(24,4)5)25(22)16-31(26)7/h8-9,12-13,15-16,24H,10-11,14H2,1-7H3/q+1. The van der Waals surface area contributed by atoms with E-state index in [9.17, 15) is 0 Å². The second kappa shape index (κ2) is 5.88. The Morgan fingerprint density at radius 1 is 0.935 bits per heavy atom. The Kier molecular flexibility index (Phi) is 3.66. The van der Waals surface area contributed by atoms with Gasteiger partial charge in [-0.1, -0.05) is 50.6 Å². The molecule has 3 aliphatic rings. The summed E-state index contributed by atoms with van der Waals surface area (Å²) in [6.07, 6.45) is 6.18. The molecule has 3 aliphatic carbocycles. The Bertz CT molecular complexity index is 1290. The minimum atomic E-state index is 0.307. The summed E-state index contributed by atoms with van der Waals surface area (Å²) in [5.41, 5.74) is 16.8. The molecule has 2 unspecified atom stereocenters. The summed E-state index contributed by atoms with van der Waals surface area (Å²) in [4.78, 5) is 0. The summed E-state index contributed by atoms with van der Waals surface area (Å²) in [5, 5.41) is 0. The van der Waals surface area contributed by atoms with E-state index in [0.717, 1.165) is 6.42 Å². The van der Waals surface area contributed by atoms with Gasteiger partial charge in [0, 0.05) is 17.0 Å². The molecule has 0 aliphatic heterocycles. The number of rotatable bonds is 1. The highest BCUT2D eigenvalue weighted by molar-refractivity contribution is 5.87. The van der Waals surface area contributed by atoms with Gasteiger partial charge >= 0.3 is 0 Å². The number of fused-ring (bicyclic) bond motifs is 8. The zero-order valence-corrected chi connectivity index (χ0v) is 20.1. The molecule has 1 heteroatoms. The average molecular weight is 409 g/mol. The van der Waals surface area contributed by atoms with E-state index in [4.69, 9.17) is 0 Å². The lowest BCUT2D eigenvalue weighted by atomic mass is 9.69. The first-order valence-corrected chi connectivity index (χ1v) is 11.9. The van der Waals surface area contributed by atoms with Crippen molar-refractivity contribution in [1.29, 1.82) is 0 Å². The van der Waals surface area contributed by atoms with E-state index in [-0.39, 0.29) is 0 Å². The van der Waals surface area contributed by atoms with E-state index in [1.165, 1.54) is 63.0 Å². The highest BCUT2D eigenvalue weighted by Gasteiger charge is 2.60. The van der Waals surface area contributed by atoms with Gasteiger partial charge in [0.1, 0.15) is 7.05 Å². The fraction of sp³-hybridized carbons (Fsp3) is 0.433. The molecule has 6 rings (SSSR count). The van der Waals surface area contributed by atoms with Crippen LogP contribution in [0.2, 0.25) is 0 Å². The molecule has 3 aromatic rings. The Morgan fingerprint density at radius 2 is 1.68 bits per heavy atom. The van der Waals surface area contributed by atoms with Crippen LogP contribution in [0, 0.1) is 26.2 Å². The van der Waals surface area contributed by atoms with E-state index in [1.807, 2.05) is 0 Å². The van der Waals surface area contributed by atoms with E-state index >= 15 is 0 Å². The van der Waals surface area contributed by atoms with Crippen LogP contribution in [0.15, 0.2) is 36.5 Å². The van der Waals surface area contributed by atoms with Crippen LogP contribution in [-0.2, 0) is 18.9 Å². The van der Waals surface area contributed by atoms with E-state index in [0.29, 0.717) is 16.7 Å². The molecular weight excluding hydrogens is 374 g/mol. The number of aromatic nitrogens is 1. The van der Waals surface area contributed by atoms with Gasteiger partial charge in [0.05, 0.1) is 5.56 Å². The molecule has 2 aromatic carbocycles. The van der Waals surface area contributed by atoms with Gasteiger partial charge in [-0.15, -0.1) is 0 Å². The maximum atomic E-state index is 2.57. The van der Waals surface area contributed by atoms with Crippen LogP contribution in [0.4, 0.5) is 0 Å². The molecule has 2 atom stereocenters. The first-order chi connectivity index (χ1) is 14.6. The smallest absolute Gasteiger partial charge is 0.201 e. The third kappa shape index (κ3) is 2.25. The minimum Gasteiger partial charge on any atom is -0.201 e. The van der Waals surface area contributed by atoms with Gasteiger partial charge in [-0.3, -0.25) is 0 Å². The highest BCUT2D eigenvalue weighted by atomic mass is 14.9. The lowest BCUT2D eigenvalue weighted by molar-refractivity contribution is -0.661. The third-order valence-electron chi connectivity index (χ3n) is 9.49. The molecule has 0 saturated heterocycles. The largest absolute Gasteiger partial charge is 0.213 e. The van der Waals surface area contributed by atoms with Crippen molar-refractivity contribution in [2.24, 2.45) is 12.5 Å². The van der Waals surface area contributed by atoms with Crippen molar-refractivity contribution in [2.75, 3.05) is 0 Å². The maximum absolute atomic E-state index is 2.57. The molecule has 0 spiro atoms. The van der Waals surface area contributed by atoms with Gasteiger partial charge in [-0.2, -0.15) is 0 Å². The Hall–Kier alpha value is -2.41. The van der Waals surface area contributed by atoms with Crippen LogP contribution in [0.5, 0.6) is 0 Å². The summed E-state index contributed by atoms with van der Waals surface area (Å²) < 4.78 is 2.42. The quantitative estimate of drug-likeness (QED) is 0.303.